The van der Waals surface area contributed by atoms with Crippen molar-refractivity contribution in [2.75, 3.05) is 0 Å². The first kappa shape index (κ1) is 46.2. The van der Waals surface area contributed by atoms with Crippen LogP contribution in [0.25, 0.3) is 11.4 Å². The predicted molar refractivity (Wildman–Crippen MR) is 222 cm³/mol. The van der Waals surface area contributed by atoms with E-state index in [-0.39, 0.29) is 27.6 Å². The largest absolute Gasteiger partial charge is 0.384 e. The number of nitrogens with two attached hydrogens (primary N) is 1. The molecule has 12 nitrogen and oxygen atoms in total. The number of para-hydroxylation sites is 2. The average Bonchev–Trinajstić information content (AvgIpc) is 3.64. The second-order valence-corrected chi connectivity index (χ2v) is 31.2. The molecule has 2 heterocycles. The normalized spacial score (nSPS) is 14.4. The maximum Gasteiger partial charge on any atom is 0.253 e. The van der Waals surface area contributed by atoms with E-state index in [1.165, 1.54) is 10.7 Å². The minimum Gasteiger partial charge on any atom is -0.384 e. The van der Waals surface area contributed by atoms with Gasteiger partial charge in [-0.15, -0.1) is 0 Å². The van der Waals surface area contributed by atoms with Crippen LogP contribution < -0.4 is 9.53 Å². The molecule has 4 aromatic rings. The fraction of sp³-hybridized carbons (Fsp3) is 0.514. The van der Waals surface area contributed by atoms with Gasteiger partial charge in [-0.1, -0.05) is 98.5 Å². The van der Waals surface area contributed by atoms with E-state index in [0.717, 1.165) is 5.69 Å². The van der Waals surface area contributed by atoms with Crippen LogP contribution in [0.3, 0.4) is 0 Å². The van der Waals surface area contributed by atoms with Gasteiger partial charge in [0.25, 0.3) is 10.0 Å². The minimum absolute atomic E-state index is 0. The molecule has 1 unspecified atom stereocenters. The Morgan fingerprint density at radius 3 is 1.36 bits per heavy atom. The lowest BCUT2D eigenvalue weighted by molar-refractivity contribution is 0.0706. The molecule has 0 saturated heterocycles. The molecular formula is C37H63N7O5S2Si2. The van der Waals surface area contributed by atoms with Crippen LogP contribution in [0.1, 0.15) is 88.1 Å². The summed E-state index contributed by atoms with van der Waals surface area (Å²) in [4.78, 5) is 0. The maximum atomic E-state index is 13.3. The molecule has 0 aliphatic carbocycles. The quantitative estimate of drug-likeness (QED) is 0.125. The standard InChI is InChI=1S/C18H30N4O2SSi.C18H29N3O3SSi.CH4/c1-17(2,3)26(6,7)21-25(19,24)16-13-15(18(4,5)23)22(20-16)14-11-9-8-10-12-14;1-17(2,3)26(6,7)20-25(23,24)16-13-15(18(4,5)22)21(19-16)14-11-9-8-10-12-14;/h8-13,23H,1-7H3,(H2,19,21,24);8-13,20,22H,1-7H3;1H4. The van der Waals surface area contributed by atoms with E-state index >= 15 is 0 Å². The summed E-state index contributed by atoms with van der Waals surface area (Å²) in [6, 6.07) is 21.6. The number of aliphatic hydroxyl groups is 2. The molecule has 0 saturated carbocycles. The fourth-order valence-corrected chi connectivity index (χ4v) is 13.9. The molecule has 0 fully saturated rings. The van der Waals surface area contributed by atoms with Gasteiger partial charge in [-0.05, 0) is 75.1 Å². The minimum atomic E-state index is -3.80. The zero-order valence-corrected chi connectivity index (χ0v) is 36.8. The van der Waals surface area contributed by atoms with Crippen LogP contribution in [-0.4, -0.2) is 58.9 Å². The van der Waals surface area contributed by atoms with Crippen molar-refractivity contribution in [2.45, 2.75) is 134 Å². The van der Waals surface area contributed by atoms with E-state index in [1.807, 2.05) is 108 Å². The molecule has 0 bridgehead atoms. The van der Waals surface area contributed by atoms with Gasteiger partial charge in [0.1, 0.15) is 29.4 Å². The van der Waals surface area contributed by atoms with Gasteiger partial charge in [-0.25, -0.2) is 31.5 Å². The van der Waals surface area contributed by atoms with Crippen molar-refractivity contribution in [1.82, 2.24) is 23.9 Å². The lowest BCUT2D eigenvalue weighted by Crippen LogP contribution is -2.54. The van der Waals surface area contributed by atoms with Gasteiger partial charge in [-0.3, -0.25) is 4.03 Å². The summed E-state index contributed by atoms with van der Waals surface area (Å²) >= 11 is 0. The summed E-state index contributed by atoms with van der Waals surface area (Å²) in [6.45, 7) is 27.0. The Labute approximate surface area is 320 Å². The molecule has 0 spiro atoms. The highest BCUT2D eigenvalue weighted by Gasteiger charge is 2.41. The van der Waals surface area contributed by atoms with Gasteiger partial charge < -0.3 is 10.2 Å². The number of hydrogen-bond donors (Lipinski definition) is 4. The highest BCUT2D eigenvalue weighted by atomic mass is 32.2. The fourth-order valence-electron chi connectivity index (χ4n) is 4.46. The summed E-state index contributed by atoms with van der Waals surface area (Å²) in [5, 5.41) is 35.9. The van der Waals surface area contributed by atoms with E-state index in [4.69, 9.17) is 5.14 Å². The SMILES string of the molecule is C.CC(C)(O)c1cc(S(=O)(=O)N[Si](C)(C)C(C)(C)C)nn1-c1ccccc1.CC(C)(O)c1cc(S(N)(=O)=N[Si](C)(C)C(C)(C)C)nn1-c1ccccc1. The summed E-state index contributed by atoms with van der Waals surface area (Å²) in [7, 11) is -11.5. The van der Waals surface area contributed by atoms with Crippen molar-refractivity contribution in [2.24, 2.45) is 9.17 Å². The third-order valence-corrected chi connectivity index (χ3v) is 24.7. The maximum absolute atomic E-state index is 13.3. The van der Waals surface area contributed by atoms with Gasteiger partial charge >= 0.3 is 0 Å². The second kappa shape index (κ2) is 15.6. The molecule has 53 heavy (non-hydrogen) atoms. The Hall–Kier alpha value is -2.97. The summed E-state index contributed by atoms with van der Waals surface area (Å²) in [6.07, 6.45) is 0. The van der Waals surface area contributed by atoms with Crippen LogP contribution in [0.4, 0.5) is 0 Å². The summed E-state index contributed by atoms with van der Waals surface area (Å²) in [5.74, 6) is 0. The third kappa shape index (κ3) is 11.1. The van der Waals surface area contributed by atoms with Crippen LogP contribution in [0.5, 0.6) is 0 Å². The van der Waals surface area contributed by atoms with Gasteiger partial charge in [-0.2, -0.15) is 10.2 Å². The van der Waals surface area contributed by atoms with E-state index in [1.54, 1.807) is 38.4 Å². The molecule has 0 aliphatic rings. The van der Waals surface area contributed by atoms with Crippen molar-refractivity contribution < 1.29 is 22.8 Å². The average molecular weight is 806 g/mol. The molecule has 5 N–H and O–H groups in total. The molecule has 2 aromatic carbocycles. The highest BCUT2D eigenvalue weighted by Crippen LogP contribution is 2.38. The van der Waals surface area contributed by atoms with Gasteiger partial charge in [0.2, 0.25) is 0 Å². The Bertz CT molecular complexity index is 2080. The Morgan fingerprint density at radius 1 is 0.660 bits per heavy atom. The molecular weight excluding hydrogens is 743 g/mol. The molecule has 0 radical (unpaired) electrons. The second-order valence-electron chi connectivity index (χ2n) is 17.3. The Morgan fingerprint density at radius 2 is 1.02 bits per heavy atom. The van der Waals surface area contributed by atoms with Gasteiger partial charge in [0.15, 0.2) is 18.3 Å². The summed E-state index contributed by atoms with van der Waals surface area (Å²) in [5.41, 5.74) is -0.0281. The molecule has 2 aromatic heterocycles. The van der Waals surface area contributed by atoms with E-state index in [9.17, 15) is 22.8 Å². The van der Waals surface area contributed by atoms with Crippen molar-refractivity contribution in [1.29, 1.82) is 0 Å². The number of benzene rings is 2. The zero-order valence-electron chi connectivity index (χ0n) is 33.2. The molecule has 0 amide bonds. The van der Waals surface area contributed by atoms with E-state index in [2.05, 4.69) is 39.4 Å². The van der Waals surface area contributed by atoms with Crippen molar-refractivity contribution >= 4 is 36.4 Å². The van der Waals surface area contributed by atoms with Crippen LogP contribution in [0.2, 0.25) is 36.3 Å². The Balaban J connectivity index is 0.000000360. The molecule has 16 heteroatoms. The number of nitrogens with one attached hydrogen (secondary N) is 1. The first-order valence-electron chi connectivity index (χ1n) is 17.2. The number of rotatable bonds is 9. The van der Waals surface area contributed by atoms with Crippen LogP contribution in [0, 0.1) is 0 Å². The van der Waals surface area contributed by atoms with Gasteiger partial charge in [0, 0.05) is 12.1 Å². The Kier molecular flexibility index (Phi) is 13.6. The van der Waals surface area contributed by atoms with Crippen molar-refractivity contribution in [3.8, 4) is 11.4 Å². The predicted octanol–water partition coefficient (Wildman–Crippen LogP) is 7.82. The highest BCUT2D eigenvalue weighted by molar-refractivity contribution is 7.92. The van der Waals surface area contributed by atoms with Crippen LogP contribution >= 0.6 is 0 Å². The van der Waals surface area contributed by atoms with Crippen molar-refractivity contribution in [3.63, 3.8) is 0 Å². The first-order valence-corrected chi connectivity index (χ1v) is 26.2. The zero-order chi connectivity index (χ0) is 39.9. The molecule has 1 atom stereocenters. The molecule has 0 aliphatic heterocycles. The lowest BCUT2D eigenvalue weighted by Gasteiger charge is -2.36. The number of nitrogens with zero attached hydrogens (tertiary/aromatic N) is 5. The monoisotopic (exact) mass is 805 g/mol. The number of sulfonamides is 1. The third-order valence-electron chi connectivity index (χ3n) is 9.67. The van der Waals surface area contributed by atoms with Gasteiger partial charge in [0.05, 0.1) is 22.8 Å². The van der Waals surface area contributed by atoms with E-state index in [0.29, 0.717) is 17.1 Å². The van der Waals surface area contributed by atoms with E-state index < -0.39 is 47.6 Å². The van der Waals surface area contributed by atoms with Crippen LogP contribution in [-0.2, 0) is 31.1 Å². The topological polar surface area (TPSA) is 178 Å². The smallest absolute Gasteiger partial charge is 0.253 e. The molecule has 4 rings (SSSR count). The molecule has 296 valence electrons. The lowest BCUT2D eigenvalue weighted by atomic mass is 10.1. The number of hydrogen-bond acceptors (Lipinski definition) is 8. The number of aromatic nitrogens is 4. The first-order chi connectivity index (χ1) is 23.3. The van der Waals surface area contributed by atoms with Crippen LogP contribution in [0.15, 0.2) is 86.9 Å². The summed E-state index contributed by atoms with van der Waals surface area (Å²) < 4.78 is 49.8. The van der Waals surface area contributed by atoms with Crippen molar-refractivity contribution in [3.05, 3.63) is 84.2 Å².